The van der Waals surface area contributed by atoms with Crippen molar-refractivity contribution in [2.75, 3.05) is 0 Å². The van der Waals surface area contributed by atoms with Gasteiger partial charge in [-0.15, -0.1) is 0 Å². The molecule has 0 bridgehead atoms. The van der Waals surface area contributed by atoms with Crippen molar-refractivity contribution in [2.24, 2.45) is 0 Å². The van der Waals surface area contributed by atoms with Crippen LogP contribution in [0.15, 0.2) is 33.6 Å². The van der Waals surface area contributed by atoms with Gasteiger partial charge in [0.25, 0.3) is 0 Å². The standard InChI is InChI=1S/C13H14O2S/c14-13(8-10-4-7-16-9-10)5-1-2-12-11(13)3-6-15-12/h3-4,6-7,9,14H,1-2,5,8H2. The predicted molar refractivity (Wildman–Crippen MR) is 63.6 cm³/mol. The van der Waals surface area contributed by atoms with Crippen molar-refractivity contribution in [3.63, 3.8) is 0 Å². The summed E-state index contributed by atoms with van der Waals surface area (Å²) in [6.45, 7) is 0. The first kappa shape index (κ1) is 10.1. The minimum Gasteiger partial charge on any atom is -0.469 e. The van der Waals surface area contributed by atoms with Gasteiger partial charge in [-0.25, -0.2) is 0 Å². The molecule has 0 amide bonds. The zero-order valence-corrected chi connectivity index (χ0v) is 9.80. The highest BCUT2D eigenvalue weighted by Crippen LogP contribution is 2.38. The van der Waals surface area contributed by atoms with Crippen molar-refractivity contribution in [2.45, 2.75) is 31.3 Å². The first-order chi connectivity index (χ1) is 7.78. The van der Waals surface area contributed by atoms with Crippen LogP contribution in [0.5, 0.6) is 0 Å². The third-order valence-corrected chi connectivity index (χ3v) is 4.05. The van der Waals surface area contributed by atoms with Gasteiger partial charge in [0.15, 0.2) is 0 Å². The van der Waals surface area contributed by atoms with Crippen LogP contribution in [0.3, 0.4) is 0 Å². The summed E-state index contributed by atoms with van der Waals surface area (Å²) in [7, 11) is 0. The lowest BCUT2D eigenvalue weighted by molar-refractivity contribution is 0.0169. The normalized spacial score (nSPS) is 24.3. The molecule has 2 aromatic heterocycles. The molecule has 0 spiro atoms. The van der Waals surface area contributed by atoms with Gasteiger partial charge in [-0.3, -0.25) is 0 Å². The maximum Gasteiger partial charge on any atom is 0.109 e. The van der Waals surface area contributed by atoms with Crippen LogP contribution < -0.4 is 0 Å². The van der Waals surface area contributed by atoms with Crippen LogP contribution in [0.25, 0.3) is 0 Å². The molecule has 3 rings (SSSR count). The average Bonchev–Trinajstić information content (AvgIpc) is 2.88. The largest absolute Gasteiger partial charge is 0.469 e. The number of hydrogen-bond acceptors (Lipinski definition) is 3. The Morgan fingerprint density at radius 2 is 2.38 bits per heavy atom. The average molecular weight is 234 g/mol. The first-order valence-corrected chi connectivity index (χ1v) is 6.52. The van der Waals surface area contributed by atoms with Crippen LogP contribution in [-0.2, 0) is 18.4 Å². The second kappa shape index (κ2) is 3.75. The number of hydrogen-bond donors (Lipinski definition) is 1. The maximum atomic E-state index is 10.7. The predicted octanol–water partition coefficient (Wildman–Crippen LogP) is 3.11. The lowest BCUT2D eigenvalue weighted by Crippen LogP contribution is -2.31. The molecule has 0 saturated heterocycles. The van der Waals surface area contributed by atoms with E-state index in [0.29, 0.717) is 6.42 Å². The van der Waals surface area contributed by atoms with Gasteiger partial charge in [-0.1, -0.05) is 0 Å². The zero-order chi connectivity index (χ0) is 11.0. The van der Waals surface area contributed by atoms with E-state index in [9.17, 15) is 5.11 Å². The van der Waals surface area contributed by atoms with E-state index in [1.165, 1.54) is 5.56 Å². The van der Waals surface area contributed by atoms with E-state index in [-0.39, 0.29) is 0 Å². The molecule has 2 aromatic rings. The highest BCUT2D eigenvalue weighted by molar-refractivity contribution is 7.07. The molecule has 2 nitrogen and oxygen atoms in total. The smallest absolute Gasteiger partial charge is 0.109 e. The monoisotopic (exact) mass is 234 g/mol. The fraction of sp³-hybridized carbons (Fsp3) is 0.385. The van der Waals surface area contributed by atoms with Gasteiger partial charge in [0.2, 0.25) is 0 Å². The highest BCUT2D eigenvalue weighted by atomic mass is 32.1. The number of fused-ring (bicyclic) bond motifs is 1. The molecule has 0 fully saturated rings. The number of aliphatic hydroxyl groups is 1. The fourth-order valence-corrected chi connectivity index (χ4v) is 3.21. The van der Waals surface area contributed by atoms with Crippen molar-refractivity contribution in [3.8, 4) is 0 Å². The van der Waals surface area contributed by atoms with Crippen LogP contribution in [0, 0.1) is 0 Å². The number of furan rings is 1. The van der Waals surface area contributed by atoms with Crippen molar-refractivity contribution >= 4 is 11.3 Å². The molecule has 1 aliphatic rings. The van der Waals surface area contributed by atoms with E-state index in [1.807, 2.05) is 6.07 Å². The van der Waals surface area contributed by atoms with Gasteiger partial charge in [0.1, 0.15) is 5.76 Å². The molecule has 1 unspecified atom stereocenters. The third kappa shape index (κ3) is 1.60. The molecule has 1 atom stereocenters. The number of aryl methyl sites for hydroxylation is 1. The van der Waals surface area contributed by atoms with Gasteiger partial charge in [0.05, 0.1) is 11.9 Å². The van der Waals surface area contributed by atoms with Gasteiger partial charge in [-0.05, 0) is 41.3 Å². The minimum absolute atomic E-state index is 0.697. The Balaban J connectivity index is 1.95. The summed E-state index contributed by atoms with van der Waals surface area (Å²) in [5, 5.41) is 14.9. The van der Waals surface area contributed by atoms with Crippen LogP contribution in [0.4, 0.5) is 0 Å². The van der Waals surface area contributed by atoms with E-state index >= 15 is 0 Å². The Morgan fingerprint density at radius 1 is 1.44 bits per heavy atom. The van der Waals surface area contributed by atoms with Crippen molar-refractivity contribution in [1.29, 1.82) is 0 Å². The quantitative estimate of drug-likeness (QED) is 0.866. The zero-order valence-electron chi connectivity index (χ0n) is 8.98. The van der Waals surface area contributed by atoms with Crippen LogP contribution in [0.2, 0.25) is 0 Å². The van der Waals surface area contributed by atoms with E-state index in [0.717, 1.165) is 30.6 Å². The lowest BCUT2D eigenvalue weighted by Gasteiger charge is -2.31. The van der Waals surface area contributed by atoms with E-state index < -0.39 is 5.60 Å². The Morgan fingerprint density at radius 3 is 3.19 bits per heavy atom. The second-order valence-corrected chi connectivity index (χ2v) is 5.23. The van der Waals surface area contributed by atoms with Gasteiger partial charge in [0, 0.05) is 18.4 Å². The van der Waals surface area contributed by atoms with Gasteiger partial charge in [-0.2, -0.15) is 11.3 Å². The summed E-state index contributed by atoms with van der Waals surface area (Å²) in [5.41, 5.74) is 1.48. The Hall–Kier alpha value is -1.06. The Labute approximate surface area is 98.5 Å². The Bertz CT molecular complexity index is 472. The number of rotatable bonds is 2. The third-order valence-electron chi connectivity index (χ3n) is 3.32. The first-order valence-electron chi connectivity index (χ1n) is 5.58. The molecule has 16 heavy (non-hydrogen) atoms. The summed E-state index contributed by atoms with van der Waals surface area (Å²) in [4.78, 5) is 0. The lowest BCUT2D eigenvalue weighted by atomic mass is 9.79. The molecule has 0 saturated carbocycles. The van der Waals surface area contributed by atoms with Gasteiger partial charge < -0.3 is 9.52 Å². The topological polar surface area (TPSA) is 33.4 Å². The van der Waals surface area contributed by atoms with E-state index in [1.54, 1.807) is 17.6 Å². The SMILES string of the molecule is OC1(Cc2ccsc2)CCCc2occc21. The molecule has 3 heteroatoms. The van der Waals surface area contributed by atoms with Crippen LogP contribution >= 0.6 is 11.3 Å². The fourth-order valence-electron chi connectivity index (χ4n) is 2.54. The van der Waals surface area contributed by atoms with Crippen molar-refractivity contribution in [3.05, 3.63) is 46.0 Å². The molecule has 0 aliphatic heterocycles. The number of thiophene rings is 1. The molecule has 2 heterocycles. The maximum absolute atomic E-state index is 10.7. The Kier molecular flexibility index (Phi) is 2.37. The summed E-state index contributed by atoms with van der Waals surface area (Å²) in [6.07, 6.45) is 5.17. The summed E-state index contributed by atoms with van der Waals surface area (Å²) in [6, 6.07) is 4.00. The second-order valence-electron chi connectivity index (χ2n) is 4.45. The molecular formula is C13H14O2S. The summed E-state index contributed by atoms with van der Waals surface area (Å²) >= 11 is 1.68. The van der Waals surface area contributed by atoms with Crippen LogP contribution in [0.1, 0.15) is 29.7 Å². The van der Waals surface area contributed by atoms with E-state index in [2.05, 4.69) is 16.8 Å². The minimum atomic E-state index is -0.721. The molecule has 1 aliphatic carbocycles. The van der Waals surface area contributed by atoms with Crippen LogP contribution in [-0.4, -0.2) is 5.11 Å². The summed E-state index contributed by atoms with van der Waals surface area (Å²) < 4.78 is 5.41. The van der Waals surface area contributed by atoms with E-state index in [4.69, 9.17) is 4.42 Å². The molecule has 0 radical (unpaired) electrons. The van der Waals surface area contributed by atoms with Crippen molar-refractivity contribution < 1.29 is 9.52 Å². The van der Waals surface area contributed by atoms with Gasteiger partial charge >= 0.3 is 0 Å². The summed E-state index contributed by atoms with van der Waals surface area (Å²) in [5.74, 6) is 0.962. The highest BCUT2D eigenvalue weighted by Gasteiger charge is 2.36. The molecule has 0 aromatic carbocycles. The molecular weight excluding hydrogens is 220 g/mol. The van der Waals surface area contributed by atoms with Crippen molar-refractivity contribution in [1.82, 2.24) is 0 Å². The molecule has 1 N–H and O–H groups in total. The molecule has 84 valence electrons.